The first-order valence-electron chi connectivity index (χ1n) is 14.2. The maximum Gasteiger partial charge on any atom is 0.392 e. The van der Waals surface area contributed by atoms with Crippen molar-refractivity contribution >= 4 is 29.5 Å². The predicted molar refractivity (Wildman–Crippen MR) is 155 cm³/mol. The molecule has 2 fully saturated rings. The average molecular weight is 650 g/mol. The number of aliphatic hydroxyl groups excluding tert-OH is 1. The number of piperidine rings is 1. The number of nitrogens with two attached hydrogens (primary N) is 1. The third kappa shape index (κ3) is 6.77. The van der Waals surface area contributed by atoms with Crippen molar-refractivity contribution in [1.29, 1.82) is 0 Å². The fourth-order valence-electron chi connectivity index (χ4n) is 5.81. The summed E-state index contributed by atoms with van der Waals surface area (Å²) in [6, 6.07) is 11.3. The zero-order valence-corrected chi connectivity index (χ0v) is 24.6. The van der Waals surface area contributed by atoms with E-state index in [2.05, 4.69) is 5.10 Å². The number of likely N-dealkylation sites (tertiary alicyclic amines) is 2. The number of amides is 2. The van der Waals surface area contributed by atoms with Gasteiger partial charge < -0.3 is 30.5 Å². The number of hydrogen-bond donors (Lipinski definition) is 3. The molecule has 45 heavy (non-hydrogen) atoms. The number of halogens is 4. The largest absolute Gasteiger partial charge is 0.480 e. The molecule has 240 valence electrons. The number of benzene rings is 2. The van der Waals surface area contributed by atoms with Crippen molar-refractivity contribution in [3.63, 3.8) is 0 Å². The normalized spacial score (nSPS) is 22.0. The number of carboxylic acids is 1. The first-order chi connectivity index (χ1) is 21.4. The molecule has 4 atom stereocenters. The molecule has 15 heteroatoms. The number of β-amino-alcohol motifs (C(OH)–C–C–N with tert-alkyl or cyclic N) is 1. The quantitative estimate of drug-likeness (QED) is 0.349. The number of aliphatic hydroxyl groups is 1. The van der Waals surface area contributed by atoms with Gasteiger partial charge in [0.05, 0.1) is 28.3 Å². The van der Waals surface area contributed by atoms with E-state index in [1.807, 2.05) is 0 Å². The van der Waals surface area contributed by atoms with Crippen LogP contribution >= 0.6 is 11.6 Å². The van der Waals surface area contributed by atoms with Gasteiger partial charge in [-0.25, -0.2) is 9.59 Å². The molecule has 0 spiro atoms. The SMILES string of the molecule is NCc1ccc(COc2cc(C3C(C(=O)O)N(C(=O)N4CCC(O)C4)CCC3C(F)(F)F)nn2C(=O)c2ccccc2Cl)cc1. The van der Waals surface area contributed by atoms with Crippen LogP contribution in [0.2, 0.25) is 5.02 Å². The van der Waals surface area contributed by atoms with Crippen LogP contribution in [0.4, 0.5) is 18.0 Å². The van der Waals surface area contributed by atoms with Gasteiger partial charge in [-0.1, -0.05) is 48.0 Å². The van der Waals surface area contributed by atoms with Crippen molar-refractivity contribution in [3.8, 4) is 5.88 Å². The third-order valence-corrected chi connectivity index (χ3v) is 8.45. The molecule has 2 aliphatic heterocycles. The standard InChI is InChI=1S/C30H31ClF3N5O6/c31-22-4-2-1-3-20(22)27(41)39-24(45-16-18-7-5-17(14-35)6-8-18)13-23(36-39)25-21(30(32,33)34)10-12-38(26(25)28(42)43)29(44)37-11-9-19(40)15-37/h1-8,13,19,21,25-26,40H,9-12,14-16,35H2,(H,42,43). The van der Waals surface area contributed by atoms with Gasteiger partial charge >= 0.3 is 18.2 Å². The molecule has 1 aromatic heterocycles. The second-order valence-corrected chi connectivity index (χ2v) is 11.4. The first kappa shape index (κ1) is 32.3. The van der Waals surface area contributed by atoms with Crippen LogP contribution in [0.3, 0.4) is 0 Å². The van der Waals surface area contributed by atoms with Gasteiger partial charge in [-0.05, 0) is 36.1 Å². The number of urea groups is 1. The van der Waals surface area contributed by atoms with E-state index in [-0.39, 0.29) is 42.6 Å². The van der Waals surface area contributed by atoms with Crippen molar-refractivity contribution < 1.29 is 42.5 Å². The monoisotopic (exact) mass is 649 g/mol. The molecule has 4 unspecified atom stereocenters. The summed E-state index contributed by atoms with van der Waals surface area (Å²) in [6.07, 6.45) is -6.02. The van der Waals surface area contributed by atoms with Crippen LogP contribution < -0.4 is 10.5 Å². The Bertz CT molecular complexity index is 1570. The van der Waals surface area contributed by atoms with Crippen molar-refractivity contribution in [2.45, 2.75) is 50.2 Å². The molecule has 4 N–H and O–H groups in total. The van der Waals surface area contributed by atoms with Gasteiger partial charge in [-0.15, -0.1) is 0 Å². The number of carboxylic acid groups (broad SMARTS) is 1. The van der Waals surface area contributed by atoms with Crippen LogP contribution in [-0.2, 0) is 17.9 Å². The van der Waals surface area contributed by atoms with E-state index in [9.17, 15) is 37.8 Å². The Kier molecular flexibility index (Phi) is 9.37. The Balaban J connectivity index is 1.57. The van der Waals surface area contributed by atoms with Crippen LogP contribution in [0.15, 0.2) is 54.6 Å². The van der Waals surface area contributed by atoms with Crippen molar-refractivity contribution in [2.75, 3.05) is 19.6 Å². The number of carbonyl (C=O) groups is 3. The molecule has 0 bridgehead atoms. The molecule has 5 rings (SSSR count). The van der Waals surface area contributed by atoms with Crippen molar-refractivity contribution in [1.82, 2.24) is 19.6 Å². The highest BCUT2D eigenvalue weighted by Crippen LogP contribution is 2.47. The minimum Gasteiger partial charge on any atom is -0.480 e. The molecule has 0 aliphatic carbocycles. The van der Waals surface area contributed by atoms with Gasteiger partial charge in [0.1, 0.15) is 12.6 Å². The van der Waals surface area contributed by atoms with Crippen LogP contribution in [0.1, 0.15) is 45.9 Å². The lowest BCUT2D eigenvalue weighted by molar-refractivity contribution is -0.197. The zero-order valence-electron chi connectivity index (χ0n) is 23.9. The molecule has 0 saturated carbocycles. The predicted octanol–water partition coefficient (Wildman–Crippen LogP) is 3.87. The highest BCUT2D eigenvalue weighted by molar-refractivity contribution is 6.33. The minimum absolute atomic E-state index is 0.0128. The Hall–Kier alpha value is -4.14. The lowest BCUT2D eigenvalue weighted by Crippen LogP contribution is -2.59. The smallest absolute Gasteiger partial charge is 0.392 e. The number of hydrogen-bond acceptors (Lipinski definition) is 7. The Morgan fingerprint density at radius 1 is 1.04 bits per heavy atom. The molecule has 3 aromatic rings. The number of alkyl halides is 3. The molecular weight excluding hydrogens is 619 g/mol. The second-order valence-electron chi connectivity index (χ2n) is 11.0. The van der Waals surface area contributed by atoms with Crippen LogP contribution in [0.25, 0.3) is 0 Å². The topological polar surface area (TPSA) is 151 Å². The van der Waals surface area contributed by atoms with Gasteiger partial charge in [0.15, 0.2) is 0 Å². The summed E-state index contributed by atoms with van der Waals surface area (Å²) < 4.78 is 50.2. The highest BCUT2D eigenvalue weighted by Gasteiger charge is 2.56. The number of ether oxygens (including phenoxy) is 1. The number of aromatic nitrogens is 2. The van der Waals surface area contributed by atoms with E-state index in [1.54, 1.807) is 36.4 Å². The number of aliphatic carboxylic acids is 1. The van der Waals surface area contributed by atoms with Gasteiger partial charge in [-0.2, -0.15) is 23.0 Å². The fraction of sp³-hybridized carbons (Fsp3) is 0.400. The second kappa shape index (κ2) is 13.1. The molecule has 2 aliphatic rings. The first-order valence-corrected chi connectivity index (χ1v) is 14.6. The maximum atomic E-state index is 14.5. The van der Waals surface area contributed by atoms with Gasteiger partial charge in [0, 0.05) is 38.2 Å². The molecule has 3 heterocycles. The summed E-state index contributed by atoms with van der Waals surface area (Å²) >= 11 is 6.25. The van der Waals surface area contributed by atoms with E-state index in [0.29, 0.717) is 12.1 Å². The van der Waals surface area contributed by atoms with E-state index < -0.39 is 66.7 Å². The maximum absolute atomic E-state index is 14.5. The molecule has 2 aromatic carbocycles. The van der Waals surface area contributed by atoms with Crippen LogP contribution in [0.5, 0.6) is 5.88 Å². The molecule has 11 nitrogen and oxygen atoms in total. The summed E-state index contributed by atoms with van der Waals surface area (Å²) in [6.45, 7) is -0.219. The summed E-state index contributed by atoms with van der Waals surface area (Å²) in [5.41, 5.74) is 6.76. The Morgan fingerprint density at radius 3 is 2.33 bits per heavy atom. The molecular formula is C30H31ClF3N5O6. The average Bonchev–Trinajstić information content (AvgIpc) is 3.65. The number of rotatable bonds is 7. The van der Waals surface area contributed by atoms with Gasteiger partial charge in [0.2, 0.25) is 5.88 Å². The lowest BCUT2D eigenvalue weighted by Gasteiger charge is -2.44. The molecule has 2 saturated heterocycles. The molecule has 0 radical (unpaired) electrons. The van der Waals surface area contributed by atoms with Gasteiger partial charge in [-0.3, -0.25) is 4.79 Å². The Labute approximate surface area is 260 Å². The van der Waals surface area contributed by atoms with Gasteiger partial charge in [0.25, 0.3) is 5.91 Å². The highest BCUT2D eigenvalue weighted by atomic mass is 35.5. The zero-order chi connectivity index (χ0) is 32.5. The van der Waals surface area contributed by atoms with E-state index in [1.165, 1.54) is 17.0 Å². The van der Waals surface area contributed by atoms with E-state index >= 15 is 0 Å². The number of carbonyl (C=O) groups excluding carboxylic acids is 2. The Morgan fingerprint density at radius 2 is 1.73 bits per heavy atom. The number of nitrogens with zero attached hydrogens (tertiary/aromatic N) is 4. The van der Waals surface area contributed by atoms with E-state index in [0.717, 1.165) is 21.2 Å². The minimum atomic E-state index is -4.86. The van der Waals surface area contributed by atoms with Crippen molar-refractivity contribution in [2.24, 2.45) is 11.7 Å². The van der Waals surface area contributed by atoms with Crippen LogP contribution in [-0.4, -0.2) is 85.7 Å². The third-order valence-electron chi connectivity index (χ3n) is 8.12. The summed E-state index contributed by atoms with van der Waals surface area (Å²) in [7, 11) is 0. The fourth-order valence-corrected chi connectivity index (χ4v) is 6.03. The summed E-state index contributed by atoms with van der Waals surface area (Å²) in [5.74, 6) is -6.82. The summed E-state index contributed by atoms with van der Waals surface area (Å²) in [4.78, 5) is 41.8. The molecule has 2 amide bonds. The lowest BCUT2D eigenvalue weighted by atomic mass is 9.77. The van der Waals surface area contributed by atoms with E-state index in [4.69, 9.17) is 22.1 Å². The van der Waals surface area contributed by atoms with Crippen LogP contribution in [0, 0.1) is 5.92 Å². The van der Waals surface area contributed by atoms with Crippen molar-refractivity contribution in [3.05, 3.63) is 82.0 Å². The summed E-state index contributed by atoms with van der Waals surface area (Å²) in [5, 5.41) is 24.4.